The van der Waals surface area contributed by atoms with Crippen molar-refractivity contribution in [1.29, 1.82) is 0 Å². The van der Waals surface area contributed by atoms with Crippen LogP contribution in [-0.4, -0.2) is 10.0 Å². The number of phenols is 1. The summed E-state index contributed by atoms with van der Waals surface area (Å²) in [5.74, 6) is 0.213. The third kappa shape index (κ3) is 3.44. The lowest BCUT2D eigenvalue weighted by Gasteiger charge is -2.19. The zero-order chi connectivity index (χ0) is 15.4. The van der Waals surface area contributed by atoms with E-state index in [1.165, 1.54) is 12.1 Å². The van der Waals surface area contributed by atoms with Crippen LogP contribution in [-0.2, 0) is 0 Å². The summed E-state index contributed by atoms with van der Waals surface area (Å²) >= 11 is 5.90. The Morgan fingerprint density at radius 3 is 2.62 bits per heavy atom. The number of nitro benzene ring substituents is 1. The van der Waals surface area contributed by atoms with Crippen LogP contribution in [0.1, 0.15) is 24.9 Å². The molecule has 2 N–H and O–H groups in total. The maximum Gasteiger partial charge on any atom is 0.288 e. The fraction of sp³-hybridized carbons (Fsp3) is 0.200. The number of hydrogen-bond acceptors (Lipinski definition) is 4. The fourth-order valence-corrected chi connectivity index (χ4v) is 2.38. The third-order valence-corrected chi connectivity index (χ3v) is 3.51. The van der Waals surface area contributed by atoms with Crippen molar-refractivity contribution in [3.05, 3.63) is 63.2 Å². The number of halogens is 1. The van der Waals surface area contributed by atoms with E-state index in [0.717, 1.165) is 12.0 Å². The summed E-state index contributed by atoms with van der Waals surface area (Å²) in [6.07, 6.45) is 0.742. The molecule has 0 saturated heterocycles. The van der Waals surface area contributed by atoms with E-state index in [2.05, 4.69) is 5.32 Å². The number of hydrogen-bond donors (Lipinski definition) is 2. The summed E-state index contributed by atoms with van der Waals surface area (Å²) in [4.78, 5) is 10.2. The topological polar surface area (TPSA) is 75.4 Å². The Bertz CT molecular complexity index is 661. The number of nitrogens with zero attached hydrogens (tertiary/aromatic N) is 1. The lowest BCUT2D eigenvalue weighted by Crippen LogP contribution is -2.10. The Balaban J connectivity index is 2.25. The Labute approximate surface area is 127 Å². The van der Waals surface area contributed by atoms with Crippen molar-refractivity contribution in [2.24, 2.45) is 0 Å². The molecule has 6 heteroatoms. The lowest BCUT2D eigenvalue weighted by atomic mass is 10.0. The van der Waals surface area contributed by atoms with E-state index in [-0.39, 0.29) is 22.5 Å². The highest BCUT2D eigenvalue weighted by Crippen LogP contribution is 2.32. The van der Waals surface area contributed by atoms with Crippen LogP contribution in [0, 0.1) is 10.1 Å². The van der Waals surface area contributed by atoms with Gasteiger partial charge in [0.15, 0.2) is 0 Å². The third-order valence-electron chi connectivity index (χ3n) is 3.21. The van der Waals surface area contributed by atoms with E-state index in [1.54, 1.807) is 18.2 Å². The molecule has 0 bridgehead atoms. The molecule has 0 spiro atoms. The smallest absolute Gasteiger partial charge is 0.288 e. The molecular formula is C15H15ClN2O3. The first-order valence-electron chi connectivity index (χ1n) is 6.51. The Hall–Kier alpha value is -2.27. The van der Waals surface area contributed by atoms with E-state index >= 15 is 0 Å². The van der Waals surface area contributed by atoms with Crippen molar-refractivity contribution in [3.63, 3.8) is 0 Å². The van der Waals surface area contributed by atoms with Gasteiger partial charge >= 0.3 is 0 Å². The van der Waals surface area contributed by atoms with Crippen LogP contribution in [0.3, 0.4) is 0 Å². The second-order valence-electron chi connectivity index (χ2n) is 4.59. The monoisotopic (exact) mass is 306 g/mol. The summed E-state index contributed by atoms with van der Waals surface area (Å²) in [7, 11) is 0. The van der Waals surface area contributed by atoms with Crippen LogP contribution in [0.15, 0.2) is 42.5 Å². The lowest BCUT2D eigenvalue weighted by molar-refractivity contribution is -0.384. The van der Waals surface area contributed by atoms with E-state index in [0.29, 0.717) is 5.69 Å². The van der Waals surface area contributed by atoms with E-state index in [9.17, 15) is 15.2 Å². The van der Waals surface area contributed by atoms with Crippen LogP contribution in [0.2, 0.25) is 5.02 Å². The highest BCUT2D eigenvalue weighted by Gasteiger charge is 2.16. The second kappa shape index (κ2) is 6.45. The van der Waals surface area contributed by atoms with Crippen molar-refractivity contribution in [2.45, 2.75) is 19.4 Å². The van der Waals surface area contributed by atoms with E-state index in [1.807, 2.05) is 19.1 Å². The van der Waals surface area contributed by atoms with Crippen LogP contribution in [0.25, 0.3) is 0 Å². The van der Waals surface area contributed by atoms with Gasteiger partial charge in [-0.1, -0.05) is 36.7 Å². The molecule has 2 rings (SSSR count). The molecule has 0 aliphatic carbocycles. The molecule has 0 amide bonds. The van der Waals surface area contributed by atoms with Gasteiger partial charge in [-0.05, 0) is 24.6 Å². The number of anilines is 1. The minimum atomic E-state index is -0.521. The molecule has 1 atom stereocenters. The van der Waals surface area contributed by atoms with Crippen LogP contribution < -0.4 is 5.32 Å². The van der Waals surface area contributed by atoms with Crippen LogP contribution in [0.5, 0.6) is 5.75 Å². The highest BCUT2D eigenvalue weighted by molar-refractivity contribution is 6.32. The van der Waals surface area contributed by atoms with Gasteiger partial charge in [-0.2, -0.15) is 0 Å². The van der Waals surface area contributed by atoms with Crippen molar-refractivity contribution in [1.82, 2.24) is 0 Å². The molecule has 0 radical (unpaired) electrons. The molecule has 0 heterocycles. The number of aromatic hydroxyl groups is 1. The first-order chi connectivity index (χ1) is 10.0. The van der Waals surface area contributed by atoms with Gasteiger partial charge in [-0.3, -0.25) is 10.1 Å². The van der Waals surface area contributed by atoms with E-state index in [4.69, 9.17) is 11.6 Å². The Morgan fingerprint density at radius 1 is 1.33 bits per heavy atom. The molecular weight excluding hydrogens is 292 g/mol. The predicted octanol–water partition coefficient (Wildman–Crippen LogP) is 4.52. The molecule has 1 unspecified atom stereocenters. The molecule has 0 fully saturated rings. The second-order valence-corrected chi connectivity index (χ2v) is 4.99. The standard InChI is InChI=1S/C15H15ClN2O3/c1-2-13(11-5-3-4-6-15(11)19)17-10-7-8-14(18(20)21)12(16)9-10/h3-9,13,17,19H,2H2,1H3. The number of para-hydroxylation sites is 1. The summed E-state index contributed by atoms with van der Waals surface area (Å²) in [6, 6.07) is 11.4. The van der Waals surface area contributed by atoms with Crippen LogP contribution >= 0.6 is 11.6 Å². The fourth-order valence-electron chi connectivity index (χ4n) is 2.13. The molecule has 0 aliphatic heterocycles. The first-order valence-corrected chi connectivity index (χ1v) is 6.89. The maximum absolute atomic E-state index is 10.7. The molecule has 110 valence electrons. The minimum Gasteiger partial charge on any atom is -0.508 e. The SMILES string of the molecule is CCC(Nc1ccc([N+](=O)[O-])c(Cl)c1)c1ccccc1O. The molecule has 0 aromatic heterocycles. The molecule has 21 heavy (non-hydrogen) atoms. The van der Waals surface area contributed by atoms with Gasteiger partial charge in [0.2, 0.25) is 0 Å². The zero-order valence-corrected chi connectivity index (χ0v) is 12.2. The first kappa shape index (κ1) is 15.1. The Morgan fingerprint density at radius 2 is 2.05 bits per heavy atom. The van der Waals surface area contributed by atoms with Crippen molar-refractivity contribution < 1.29 is 10.0 Å². The summed E-state index contributed by atoms with van der Waals surface area (Å²) in [6.45, 7) is 1.98. The predicted molar refractivity (Wildman–Crippen MR) is 82.9 cm³/mol. The summed E-state index contributed by atoms with van der Waals surface area (Å²) < 4.78 is 0. The normalized spacial score (nSPS) is 11.9. The van der Waals surface area contributed by atoms with Gasteiger partial charge in [0.1, 0.15) is 10.8 Å². The van der Waals surface area contributed by atoms with Gasteiger partial charge in [0.25, 0.3) is 5.69 Å². The van der Waals surface area contributed by atoms with E-state index < -0.39 is 4.92 Å². The van der Waals surface area contributed by atoms with Gasteiger partial charge in [0.05, 0.1) is 11.0 Å². The van der Waals surface area contributed by atoms with Crippen molar-refractivity contribution >= 4 is 23.0 Å². The number of nitro groups is 1. The van der Waals surface area contributed by atoms with Crippen molar-refractivity contribution in [3.8, 4) is 5.75 Å². The number of rotatable bonds is 5. The van der Waals surface area contributed by atoms with Crippen LogP contribution in [0.4, 0.5) is 11.4 Å². The molecule has 0 saturated carbocycles. The number of phenolic OH excluding ortho intramolecular Hbond substituents is 1. The average molecular weight is 307 g/mol. The maximum atomic E-state index is 10.7. The summed E-state index contributed by atoms with van der Waals surface area (Å²) in [5.41, 5.74) is 1.31. The molecule has 0 aliphatic rings. The number of benzene rings is 2. The van der Waals surface area contributed by atoms with Gasteiger partial charge in [-0.15, -0.1) is 0 Å². The van der Waals surface area contributed by atoms with Crippen molar-refractivity contribution in [2.75, 3.05) is 5.32 Å². The quantitative estimate of drug-likeness (QED) is 0.629. The molecule has 2 aromatic rings. The van der Waals surface area contributed by atoms with Gasteiger partial charge in [0, 0.05) is 17.3 Å². The number of nitrogens with one attached hydrogen (secondary N) is 1. The molecule has 5 nitrogen and oxygen atoms in total. The van der Waals surface area contributed by atoms with Gasteiger partial charge in [-0.25, -0.2) is 0 Å². The van der Waals surface area contributed by atoms with Gasteiger partial charge < -0.3 is 10.4 Å². The highest BCUT2D eigenvalue weighted by atomic mass is 35.5. The zero-order valence-electron chi connectivity index (χ0n) is 11.4. The minimum absolute atomic E-state index is 0.0807. The Kier molecular flexibility index (Phi) is 4.65. The average Bonchev–Trinajstić information content (AvgIpc) is 2.45. The summed E-state index contributed by atoms with van der Waals surface area (Å²) in [5, 5.41) is 24.0. The molecule has 2 aromatic carbocycles. The largest absolute Gasteiger partial charge is 0.508 e.